The van der Waals surface area contributed by atoms with Gasteiger partial charge in [0.25, 0.3) is 11.5 Å². The molecule has 7 nitrogen and oxygen atoms in total. The number of alkyl halides is 3. The van der Waals surface area contributed by atoms with Crippen molar-refractivity contribution >= 4 is 16.9 Å². The first-order valence-corrected chi connectivity index (χ1v) is 10.7. The van der Waals surface area contributed by atoms with Crippen LogP contribution in [0.2, 0.25) is 0 Å². The number of carbonyl (C=O) groups is 1. The van der Waals surface area contributed by atoms with Gasteiger partial charge in [0.2, 0.25) is 0 Å². The molecule has 1 saturated heterocycles. The molecule has 0 saturated carbocycles. The number of piperidine rings is 1. The van der Waals surface area contributed by atoms with E-state index in [2.05, 4.69) is 15.1 Å². The van der Waals surface area contributed by atoms with Gasteiger partial charge in [-0.25, -0.2) is 9.67 Å². The SMILES string of the molecule is CCC(Cc1nc2c(cnn2C2CCCN(C(=O)c3ccccc3)C2)c(=O)[nH]1)C(F)(F)F. The second-order valence-electron chi connectivity index (χ2n) is 8.10. The molecule has 1 N–H and O–H groups in total. The number of carbonyl (C=O) groups excluding carboxylic acids is 1. The maximum atomic E-state index is 13.2. The second-order valence-corrected chi connectivity index (χ2v) is 8.10. The number of hydrogen-bond acceptors (Lipinski definition) is 4. The fraction of sp³-hybridized carbons (Fsp3) is 0.455. The lowest BCUT2D eigenvalue weighted by molar-refractivity contribution is -0.175. The molecule has 10 heteroatoms. The van der Waals surface area contributed by atoms with Crippen molar-refractivity contribution in [3.8, 4) is 0 Å². The van der Waals surface area contributed by atoms with Crippen molar-refractivity contribution in [3.05, 3.63) is 58.3 Å². The summed E-state index contributed by atoms with van der Waals surface area (Å²) in [7, 11) is 0. The van der Waals surface area contributed by atoms with E-state index in [0.29, 0.717) is 18.7 Å². The van der Waals surface area contributed by atoms with Crippen LogP contribution >= 0.6 is 0 Å². The minimum Gasteiger partial charge on any atom is -0.337 e. The van der Waals surface area contributed by atoms with Crippen molar-refractivity contribution < 1.29 is 18.0 Å². The number of hydrogen-bond donors (Lipinski definition) is 1. The highest BCUT2D eigenvalue weighted by Crippen LogP contribution is 2.31. The monoisotopic (exact) mass is 447 g/mol. The Bertz CT molecular complexity index is 1160. The van der Waals surface area contributed by atoms with E-state index in [1.807, 2.05) is 6.07 Å². The van der Waals surface area contributed by atoms with Gasteiger partial charge in [-0.3, -0.25) is 9.59 Å². The number of fused-ring (bicyclic) bond motifs is 1. The molecule has 2 atom stereocenters. The number of aromatic amines is 1. The lowest BCUT2D eigenvalue weighted by Crippen LogP contribution is -2.41. The molecule has 1 aliphatic heterocycles. The molecular formula is C22H24F3N5O2. The summed E-state index contributed by atoms with van der Waals surface area (Å²) in [5.41, 5.74) is 0.328. The highest BCUT2D eigenvalue weighted by atomic mass is 19.4. The summed E-state index contributed by atoms with van der Waals surface area (Å²) in [5, 5.41) is 4.53. The third-order valence-electron chi connectivity index (χ3n) is 5.96. The zero-order valence-corrected chi connectivity index (χ0v) is 17.6. The molecule has 4 rings (SSSR count). The number of amides is 1. The molecule has 0 bridgehead atoms. The number of likely N-dealkylation sites (tertiary alicyclic amines) is 1. The first kappa shape index (κ1) is 22.0. The molecule has 1 amide bonds. The van der Waals surface area contributed by atoms with Crippen molar-refractivity contribution in [1.29, 1.82) is 0 Å². The number of halogens is 3. The Hall–Kier alpha value is -3.17. The van der Waals surface area contributed by atoms with Gasteiger partial charge >= 0.3 is 6.18 Å². The lowest BCUT2D eigenvalue weighted by atomic mass is 10.0. The number of benzene rings is 1. The Labute approximate surface area is 182 Å². The van der Waals surface area contributed by atoms with Gasteiger partial charge in [-0.2, -0.15) is 18.3 Å². The molecule has 1 aliphatic rings. The Morgan fingerprint density at radius 1 is 1.28 bits per heavy atom. The first-order valence-electron chi connectivity index (χ1n) is 10.7. The van der Waals surface area contributed by atoms with Crippen molar-refractivity contribution in [2.24, 2.45) is 5.92 Å². The van der Waals surface area contributed by atoms with E-state index in [1.54, 1.807) is 33.8 Å². The predicted molar refractivity (Wildman–Crippen MR) is 112 cm³/mol. The maximum absolute atomic E-state index is 13.2. The van der Waals surface area contributed by atoms with Gasteiger partial charge in [0.1, 0.15) is 11.2 Å². The summed E-state index contributed by atoms with van der Waals surface area (Å²) in [6, 6.07) is 8.74. The summed E-state index contributed by atoms with van der Waals surface area (Å²) in [6.45, 7) is 2.44. The van der Waals surface area contributed by atoms with Gasteiger partial charge in [-0.1, -0.05) is 25.1 Å². The number of H-pyrrole nitrogens is 1. The van der Waals surface area contributed by atoms with Crippen LogP contribution in [0.1, 0.15) is 48.4 Å². The molecule has 1 fully saturated rings. The quantitative estimate of drug-likeness (QED) is 0.646. The van der Waals surface area contributed by atoms with Gasteiger partial charge in [-0.05, 0) is 31.4 Å². The molecule has 1 aromatic carbocycles. The summed E-state index contributed by atoms with van der Waals surface area (Å²) in [4.78, 5) is 33.9. The molecule has 0 spiro atoms. The summed E-state index contributed by atoms with van der Waals surface area (Å²) in [5.74, 6) is -1.69. The Balaban J connectivity index is 1.62. The Morgan fingerprint density at radius 3 is 2.72 bits per heavy atom. The molecule has 3 heterocycles. The van der Waals surface area contributed by atoms with Crippen LogP contribution in [-0.4, -0.2) is 49.8 Å². The summed E-state index contributed by atoms with van der Waals surface area (Å²) >= 11 is 0. The number of rotatable bonds is 5. The Morgan fingerprint density at radius 2 is 2.03 bits per heavy atom. The van der Waals surface area contributed by atoms with E-state index in [0.717, 1.165) is 12.8 Å². The summed E-state index contributed by atoms with van der Waals surface area (Å²) < 4.78 is 41.2. The lowest BCUT2D eigenvalue weighted by Gasteiger charge is -2.33. The van der Waals surface area contributed by atoms with Gasteiger partial charge in [0, 0.05) is 25.1 Å². The molecule has 32 heavy (non-hydrogen) atoms. The standard InChI is InChI=1S/C22H24F3N5O2/c1-2-15(22(23,24)25)11-18-27-19-17(20(31)28-18)12-26-30(19)16-9-6-10-29(13-16)21(32)14-7-4-3-5-8-14/h3-5,7-8,12,15-16H,2,6,9-11,13H2,1H3,(H,27,28,31). The van der Waals surface area contributed by atoms with Crippen molar-refractivity contribution in [2.45, 2.75) is 44.8 Å². The second kappa shape index (κ2) is 8.76. The van der Waals surface area contributed by atoms with Crippen molar-refractivity contribution in [2.75, 3.05) is 13.1 Å². The smallest absolute Gasteiger partial charge is 0.337 e. The van der Waals surface area contributed by atoms with E-state index < -0.39 is 24.1 Å². The number of nitrogens with zero attached hydrogens (tertiary/aromatic N) is 4. The minimum atomic E-state index is -4.37. The molecule has 3 aromatic rings. The minimum absolute atomic E-state index is 0.0125. The van der Waals surface area contributed by atoms with Crippen LogP contribution in [0.15, 0.2) is 41.3 Å². The van der Waals surface area contributed by atoms with Gasteiger partial charge in [0.15, 0.2) is 5.65 Å². The van der Waals surface area contributed by atoms with E-state index in [4.69, 9.17) is 0 Å². The van der Waals surface area contributed by atoms with E-state index in [1.165, 1.54) is 13.1 Å². The fourth-order valence-electron chi connectivity index (χ4n) is 4.17. The molecule has 170 valence electrons. The van der Waals surface area contributed by atoms with Gasteiger partial charge in [0.05, 0.1) is 18.2 Å². The number of aromatic nitrogens is 4. The van der Waals surface area contributed by atoms with Crippen LogP contribution in [0.25, 0.3) is 11.0 Å². The first-order chi connectivity index (χ1) is 15.3. The third kappa shape index (κ3) is 4.39. The Kier molecular flexibility index (Phi) is 6.03. The molecule has 0 radical (unpaired) electrons. The highest BCUT2D eigenvalue weighted by molar-refractivity contribution is 5.94. The molecule has 2 aromatic heterocycles. The zero-order valence-electron chi connectivity index (χ0n) is 17.6. The fourth-order valence-corrected chi connectivity index (χ4v) is 4.17. The zero-order chi connectivity index (χ0) is 22.9. The molecule has 2 unspecified atom stereocenters. The molecular weight excluding hydrogens is 423 g/mol. The maximum Gasteiger partial charge on any atom is 0.392 e. The average molecular weight is 447 g/mol. The van der Waals surface area contributed by atoms with E-state index in [9.17, 15) is 22.8 Å². The van der Waals surface area contributed by atoms with Crippen LogP contribution < -0.4 is 5.56 Å². The van der Waals surface area contributed by atoms with Crippen LogP contribution in [0, 0.1) is 5.92 Å². The van der Waals surface area contributed by atoms with Gasteiger partial charge < -0.3 is 9.88 Å². The average Bonchev–Trinajstić information content (AvgIpc) is 3.21. The van der Waals surface area contributed by atoms with Crippen LogP contribution in [0.4, 0.5) is 13.2 Å². The number of nitrogens with one attached hydrogen (secondary N) is 1. The highest BCUT2D eigenvalue weighted by Gasteiger charge is 2.38. The van der Waals surface area contributed by atoms with Crippen LogP contribution in [0.3, 0.4) is 0 Å². The van der Waals surface area contributed by atoms with Crippen LogP contribution in [0.5, 0.6) is 0 Å². The van der Waals surface area contributed by atoms with Crippen molar-refractivity contribution in [1.82, 2.24) is 24.6 Å². The topological polar surface area (TPSA) is 83.9 Å². The largest absolute Gasteiger partial charge is 0.392 e. The van der Waals surface area contributed by atoms with E-state index >= 15 is 0 Å². The predicted octanol–water partition coefficient (Wildman–Crippen LogP) is 3.73. The molecule has 0 aliphatic carbocycles. The van der Waals surface area contributed by atoms with E-state index in [-0.39, 0.29) is 35.2 Å². The third-order valence-corrected chi connectivity index (χ3v) is 5.96. The van der Waals surface area contributed by atoms with Crippen LogP contribution in [-0.2, 0) is 6.42 Å². The van der Waals surface area contributed by atoms with Crippen molar-refractivity contribution in [3.63, 3.8) is 0 Å². The summed E-state index contributed by atoms with van der Waals surface area (Å²) in [6.07, 6.45) is -2.04. The van der Waals surface area contributed by atoms with Gasteiger partial charge in [-0.15, -0.1) is 0 Å². The normalized spacial score (nSPS) is 18.1.